The van der Waals surface area contributed by atoms with Crippen molar-refractivity contribution in [2.24, 2.45) is 0 Å². The van der Waals surface area contributed by atoms with Crippen molar-refractivity contribution in [3.63, 3.8) is 0 Å². The number of halogens is 1. The Balaban J connectivity index is 1.11. The second kappa shape index (κ2) is 19.4. The Morgan fingerprint density at radius 2 is 1.66 bits per heavy atom. The molecule has 6 rings (SSSR count). The molecule has 2 N–H and O–H groups in total. The third-order valence-electron chi connectivity index (χ3n) is 11.4. The second-order valence-corrected chi connectivity index (χ2v) is 15.3. The van der Waals surface area contributed by atoms with Crippen LogP contribution in [0.5, 0.6) is 5.75 Å². The lowest BCUT2D eigenvalue weighted by molar-refractivity contribution is -0.189. The summed E-state index contributed by atoms with van der Waals surface area (Å²) < 4.78 is 33.3. The van der Waals surface area contributed by atoms with Gasteiger partial charge in [-0.15, -0.1) is 0 Å². The molecule has 0 radical (unpaired) electrons. The van der Waals surface area contributed by atoms with Gasteiger partial charge < -0.3 is 24.1 Å². The third kappa shape index (κ3) is 9.34. The number of nitrogens with one attached hydrogen (secondary N) is 2. The van der Waals surface area contributed by atoms with E-state index in [9.17, 15) is 33.2 Å². The number of amides is 1. The first-order valence-corrected chi connectivity index (χ1v) is 21.1. The number of aromatic nitrogens is 4. The van der Waals surface area contributed by atoms with Crippen molar-refractivity contribution >= 4 is 28.9 Å². The highest BCUT2D eigenvalue weighted by Gasteiger charge is 2.50. The van der Waals surface area contributed by atoms with Crippen LogP contribution in [0.1, 0.15) is 133 Å². The summed E-state index contributed by atoms with van der Waals surface area (Å²) in [5.41, 5.74) is 0.300. The third-order valence-corrected chi connectivity index (χ3v) is 11.4. The van der Waals surface area contributed by atoms with Crippen molar-refractivity contribution in [2.75, 3.05) is 13.2 Å². The topological polar surface area (TPSA) is 181 Å². The Labute approximate surface area is 341 Å². The van der Waals surface area contributed by atoms with Crippen molar-refractivity contribution in [3.05, 3.63) is 89.7 Å². The maximum absolute atomic E-state index is 14.1. The van der Waals surface area contributed by atoms with Gasteiger partial charge in [0, 0.05) is 29.5 Å². The predicted molar refractivity (Wildman–Crippen MR) is 219 cm³/mol. The molecular weight excluding hydrogens is 762 g/mol. The molecule has 15 heteroatoms. The van der Waals surface area contributed by atoms with Gasteiger partial charge in [-0.3, -0.25) is 19.4 Å². The average molecular weight is 816 g/mol. The number of esters is 2. The first-order valence-electron chi connectivity index (χ1n) is 21.1. The number of rotatable bonds is 20. The van der Waals surface area contributed by atoms with Crippen LogP contribution in [0.25, 0.3) is 22.3 Å². The van der Waals surface area contributed by atoms with E-state index >= 15 is 0 Å². The molecule has 59 heavy (non-hydrogen) atoms. The van der Waals surface area contributed by atoms with Gasteiger partial charge in [0.15, 0.2) is 0 Å². The molecule has 3 aromatic heterocycles. The zero-order chi connectivity index (χ0) is 42.1. The summed E-state index contributed by atoms with van der Waals surface area (Å²) in [6, 6.07) is 6.62. The summed E-state index contributed by atoms with van der Waals surface area (Å²) in [6.45, 7) is 6.74. The Hall–Kier alpha value is -5.60. The van der Waals surface area contributed by atoms with Gasteiger partial charge >= 0.3 is 23.7 Å². The lowest BCUT2D eigenvalue weighted by Gasteiger charge is -2.35. The maximum atomic E-state index is 14.1. The number of H-pyrrole nitrogens is 1. The average Bonchev–Trinajstić information content (AvgIpc) is 3.59. The minimum atomic E-state index is -1.72. The molecule has 4 aromatic rings. The van der Waals surface area contributed by atoms with E-state index < -0.39 is 40.6 Å². The molecule has 1 aromatic carbocycles. The van der Waals surface area contributed by atoms with Crippen LogP contribution in [0.4, 0.5) is 9.18 Å². The van der Waals surface area contributed by atoms with Crippen LogP contribution in [-0.2, 0) is 44.2 Å². The van der Waals surface area contributed by atoms with Gasteiger partial charge in [-0.05, 0) is 68.4 Å². The number of nitrogens with zero attached hydrogens (tertiary/aromatic N) is 3. The van der Waals surface area contributed by atoms with Crippen LogP contribution < -0.4 is 26.9 Å². The number of aromatic amines is 1. The largest absolute Gasteiger partial charge is 0.494 e. The molecule has 0 spiro atoms. The van der Waals surface area contributed by atoms with Gasteiger partial charge in [0.1, 0.15) is 12.4 Å². The molecule has 1 amide bonds. The van der Waals surface area contributed by atoms with E-state index in [-0.39, 0.29) is 31.6 Å². The maximum Gasteiger partial charge on any atom is 0.355 e. The van der Waals surface area contributed by atoms with Crippen LogP contribution in [0.2, 0.25) is 0 Å². The van der Waals surface area contributed by atoms with Crippen molar-refractivity contribution in [1.29, 1.82) is 0 Å². The highest BCUT2D eigenvalue weighted by Crippen LogP contribution is 2.42. The molecule has 2 aliphatic heterocycles. The van der Waals surface area contributed by atoms with Gasteiger partial charge in [-0.25, -0.2) is 23.9 Å². The van der Waals surface area contributed by atoms with Gasteiger partial charge in [0.05, 0.1) is 41.8 Å². The van der Waals surface area contributed by atoms with Crippen molar-refractivity contribution in [1.82, 2.24) is 24.4 Å². The van der Waals surface area contributed by atoms with Gasteiger partial charge in [-0.1, -0.05) is 72.1 Å². The zero-order valence-corrected chi connectivity index (χ0v) is 34.2. The molecule has 14 nitrogen and oxygen atoms in total. The molecule has 0 unspecified atom stereocenters. The van der Waals surface area contributed by atoms with E-state index in [1.54, 1.807) is 22.5 Å². The van der Waals surface area contributed by atoms with Crippen LogP contribution in [0.3, 0.4) is 0 Å². The summed E-state index contributed by atoms with van der Waals surface area (Å²) in [4.78, 5) is 82.9. The van der Waals surface area contributed by atoms with E-state index in [4.69, 9.17) is 19.2 Å². The summed E-state index contributed by atoms with van der Waals surface area (Å²) in [7, 11) is 0. The standard InChI is InChI=1S/C44H54FN5O9/c1-4-7-8-9-10-11-12-13-15-18-37(51)59-44(6-3)33-24-36-38-31(25-49(36)40(53)32(33)27-58-41(44)54)29(5-2)30-23-28(19-20-35(30)47-38)57-22-17-14-16-21-46-42(55)50-26-34(45)39(52)48-43(50)56/h19-20,23-24,26H,4-18,21-22,25,27H2,1-3H3,(H,46,55)(H,48,52,56)/t44-/m0/s1. The lowest BCUT2D eigenvalue weighted by Crippen LogP contribution is -2.47. The number of cyclic esters (lactones) is 1. The van der Waals surface area contributed by atoms with E-state index in [1.165, 1.54) is 32.1 Å². The Bertz CT molecular complexity index is 2390. The molecule has 5 heterocycles. The Morgan fingerprint density at radius 3 is 2.39 bits per heavy atom. The summed E-state index contributed by atoms with van der Waals surface area (Å²) >= 11 is 0. The minimum absolute atomic E-state index is 0.117. The number of benzene rings is 1. The number of carbonyl (C=O) groups excluding carboxylic acids is 3. The fourth-order valence-electron chi connectivity index (χ4n) is 8.09. The van der Waals surface area contributed by atoms with Crippen LogP contribution in [0.15, 0.2) is 44.8 Å². The summed E-state index contributed by atoms with van der Waals surface area (Å²) in [6.07, 6.45) is 13.4. The van der Waals surface area contributed by atoms with E-state index in [1.807, 2.05) is 25.1 Å². The van der Waals surface area contributed by atoms with E-state index in [0.29, 0.717) is 84.3 Å². The predicted octanol–water partition coefficient (Wildman–Crippen LogP) is 6.91. The zero-order valence-electron chi connectivity index (χ0n) is 34.2. The summed E-state index contributed by atoms with van der Waals surface area (Å²) in [5.74, 6) is -1.74. The van der Waals surface area contributed by atoms with Crippen LogP contribution in [-0.4, -0.2) is 50.2 Å². The number of hydrogen-bond acceptors (Lipinski definition) is 10. The highest BCUT2D eigenvalue weighted by atomic mass is 19.1. The van der Waals surface area contributed by atoms with Gasteiger partial charge in [0.25, 0.3) is 11.1 Å². The molecule has 0 saturated heterocycles. The lowest BCUT2D eigenvalue weighted by atomic mass is 9.85. The SMILES string of the molecule is CCCCCCCCCCCC(=O)O[C@]1(CC)C(=O)OCc2c1cc1n(c2=O)Cc2c-1nc1ccc(OCCCCCNC(=O)n3cc(F)c(=O)[nH]c3=O)cc1c2CC. The van der Waals surface area contributed by atoms with Gasteiger partial charge in [0.2, 0.25) is 11.4 Å². The number of unbranched alkanes of at least 4 members (excludes halogenated alkanes) is 10. The molecule has 0 saturated carbocycles. The highest BCUT2D eigenvalue weighted by molar-refractivity contribution is 5.90. The number of ether oxygens (including phenoxy) is 3. The van der Waals surface area contributed by atoms with Crippen molar-refractivity contribution < 1.29 is 33.0 Å². The quantitative estimate of drug-likeness (QED) is 0.0619. The van der Waals surface area contributed by atoms with E-state index in [2.05, 4.69) is 12.2 Å². The normalized spacial score (nSPS) is 15.4. The smallest absolute Gasteiger partial charge is 0.355 e. The molecule has 316 valence electrons. The summed E-state index contributed by atoms with van der Waals surface area (Å²) in [5, 5.41) is 3.43. The Morgan fingerprint density at radius 1 is 0.932 bits per heavy atom. The molecular formula is C44H54FN5O9. The first kappa shape index (κ1) is 43.0. The fourth-order valence-corrected chi connectivity index (χ4v) is 8.09. The molecule has 0 fully saturated rings. The van der Waals surface area contributed by atoms with Crippen LogP contribution >= 0.6 is 0 Å². The molecule has 0 aliphatic carbocycles. The number of carbonyl (C=O) groups is 3. The monoisotopic (exact) mass is 815 g/mol. The number of hydrogen-bond donors (Lipinski definition) is 2. The molecule has 0 bridgehead atoms. The number of fused-ring (bicyclic) bond motifs is 5. The Kier molecular flexibility index (Phi) is 14.2. The van der Waals surface area contributed by atoms with Crippen molar-refractivity contribution in [2.45, 2.75) is 136 Å². The fraction of sp³-hybridized carbons (Fsp3) is 0.523. The number of aryl methyl sites for hydroxylation is 1. The van der Waals surface area contributed by atoms with Gasteiger partial charge in [-0.2, -0.15) is 4.39 Å². The number of pyridine rings is 2. The van der Waals surface area contributed by atoms with E-state index in [0.717, 1.165) is 41.3 Å². The molecule has 2 aliphatic rings. The van der Waals surface area contributed by atoms with Crippen molar-refractivity contribution in [3.8, 4) is 17.1 Å². The first-order chi connectivity index (χ1) is 28.5. The minimum Gasteiger partial charge on any atom is -0.494 e. The molecule has 1 atom stereocenters. The van der Waals surface area contributed by atoms with Crippen LogP contribution in [0, 0.1) is 5.82 Å². The second-order valence-electron chi connectivity index (χ2n) is 15.3.